The molecule has 152 valence electrons. The molecule has 0 aliphatic heterocycles. The smallest absolute Gasteiger partial charge is 0.185 e. The predicted octanol–water partition coefficient (Wildman–Crippen LogP) is 2.74. The van der Waals surface area contributed by atoms with Gasteiger partial charge < -0.3 is 22.9 Å². The predicted molar refractivity (Wildman–Crippen MR) is 119 cm³/mol. The molecule has 0 bridgehead atoms. The van der Waals surface area contributed by atoms with Gasteiger partial charge in [-0.3, -0.25) is 4.79 Å². The van der Waals surface area contributed by atoms with E-state index in [1.165, 1.54) is 0 Å². The van der Waals surface area contributed by atoms with Gasteiger partial charge in [-0.2, -0.15) is 0 Å². The third kappa shape index (κ3) is 4.89. The van der Waals surface area contributed by atoms with Crippen molar-refractivity contribution in [3.05, 3.63) is 80.9 Å². The second-order valence-electron chi connectivity index (χ2n) is 7.40. The fraction of sp³-hybridized carbons (Fsp3) is 0.292. The van der Waals surface area contributed by atoms with E-state index in [2.05, 4.69) is 0 Å². The van der Waals surface area contributed by atoms with Crippen molar-refractivity contribution in [2.75, 3.05) is 0 Å². The van der Waals surface area contributed by atoms with Crippen LogP contribution >= 0.6 is 0 Å². The summed E-state index contributed by atoms with van der Waals surface area (Å²) in [5.41, 5.74) is 31.0. The number of carbonyl (C=O) groups excluding carboxylic acids is 1. The summed E-state index contributed by atoms with van der Waals surface area (Å²) in [5, 5.41) is 0. The van der Waals surface area contributed by atoms with E-state index in [1.54, 1.807) is 0 Å². The van der Waals surface area contributed by atoms with Gasteiger partial charge in [0, 0.05) is 37.3 Å². The van der Waals surface area contributed by atoms with Crippen molar-refractivity contribution in [3.8, 4) is 0 Å². The zero-order valence-electron chi connectivity index (χ0n) is 16.8. The Morgan fingerprint density at radius 2 is 1.14 bits per heavy atom. The molecule has 1 saturated carbocycles. The molecule has 8 N–H and O–H groups in total. The van der Waals surface area contributed by atoms with Crippen LogP contribution in [0.5, 0.6) is 0 Å². The van der Waals surface area contributed by atoms with E-state index in [0.717, 1.165) is 63.8 Å². The van der Waals surface area contributed by atoms with Crippen molar-refractivity contribution in [3.63, 3.8) is 0 Å². The molecule has 1 aliphatic rings. The van der Waals surface area contributed by atoms with E-state index >= 15 is 0 Å². The summed E-state index contributed by atoms with van der Waals surface area (Å²) >= 11 is 0. The molecule has 0 saturated heterocycles. The lowest BCUT2D eigenvalue weighted by atomic mass is 9.85. The highest BCUT2D eigenvalue weighted by Crippen LogP contribution is 2.29. The molecular formula is C24H30N4O. The third-order valence-corrected chi connectivity index (χ3v) is 5.46. The zero-order chi connectivity index (χ0) is 20.8. The molecule has 0 radical (unpaired) electrons. The summed E-state index contributed by atoms with van der Waals surface area (Å²) < 4.78 is 0. The first kappa shape index (κ1) is 21.1. The van der Waals surface area contributed by atoms with Gasteiger partial charge >= 0.3 is 0 Å². The van der Waals surface area contributed by atoms with Gasteiger partial charge in [0.25, 0.3) is 0 Å². The van der Waals surface area contributed by atoms with E-state index in [-0.39, 0.29) is 5.78 Å². The molecular weight excluding hydrogens is 360 g/mol. The number of rotatable bonds is 6. The van der Waals surface area contributed by atoms with Crippen LogP contribution in [0.25, 0.3) is 12.2 Å². The molecule has 0 aromatic heterocycles. The highest BCUT2D eigenvalue weighted by atomic mass is 16.1. The molecule has 5 heteroatoms. The molecule has 2 aromatic carbocycles. The highest BCUT2D eigenvalue weighted by Gasteiger charge is 2.21. The summed E-state index contributed by atoms with van der Waals surface area (Å²) in [5.74, 6) is 0.105. The fourth-order valence-electron chi connectivity index (χ4n) is 3.76. The first-order chi connectivity index (χ1) is 14.1. The molecule has 3 rings (SSSR count). The van der Waals surface area contributed by atoms with Gasteiger partial charge in [0.05, 0.1) is 0 Å². The van der Waals surface area contributed by atoms with Crippen LogP contribution in [0.3, 0.4) is 0 Å². The van der Waals surface area contributed by atoms with Crippen molar-refractivity contribution in [1.82, 2.24) is 0 Å². The number of hydrogen-bond acceptors (Lipinski definition) is 5. The van der Waals surface area contributed by atoms with Gasteiger partial charge in [-0.05, 0) is 64.8 Å². The minimum Gasteiger partial charge on any atom is -0.326 e. The van der Waals surface area contributed by atoms with Crippen LogP contribution in [-0.4, -0.2) is 5.78 Å². The summed E-state index contributed by atoms with van der Waals surface area (Å²) in [6.45, 7) is 1.78. The van der Waals surface area contributed by atoms with E-state index in [0.29, 0.717) is 26.2 Å². The summed E-state index contributed by atoms with van der Waals surface area (Å²) in [7, 11) is 0. The van der Waals surface area contributed by atoms with Crippen LogP contribution < -0.4 is 22.9 Å². The van der Waals surface area contributed by atoms with E-state index in [9.17, 15) is 4.79 Å². The first-order valence-electron chi connectivity index (χ1n) is 10.1. The Hall–Kier alpha value is -2.57. The molecule has 0 heterocycles. The second kappa shape index (κ2) is 9.76. The second-order valence-corrected chi connectivity index (χ2v) is 7.40. The number of nitrogens with two attached hydrogens (primary N) is 4. The van der Waals surface area contributed by atoms with Crippen molar-refractivity contribution in [2.45, 2.75) is 45.4 Å². The average Bonchev–Trinajstić information content (AvgIpc) is 2.76. The Labute approximate surface area is 172 Å². The number of allylic oxidation sites excluding steroid dienone is 2. The molecule has 0 atom stereocenters. The first-order valence-corrected chi connectivity index (χ1v) is 10.1. The van der Waals surface area contributed by atoms with Gasteiger partial charge in [0.1, 0.15) is 0 Å². The van der Waals surface area contributed by atoms with Crippen LogP contribution in [0.1, 0.15) is 52.6 Å². The third-order valence-electron chi connectivity index (χ3n) is 5.46. The average molecular weight is 391 g/mol. The highest BCUT2D eigenvalue weighted by molar-refractivity contribution is 6.14. The number of hydrogen-bond donors (Lipinski definition) is 4. The molecule has 2 aromatic rings. The summed E-state index contributed by atoms with van der Waals surface area (Å²) in [6.07, 6.45) is 6.46. The van der Waals surface area contributed by atoms with Gasteiger partial charge in [-0.25, -0.2) is 0 Å². The fourth-order valence-corrected chi connectivity index (χ4v) is 3.76. The van der Waals surface area contributed by atoms with E-state index < -0.39 is 0 Å². The van der Waals surface area contributed by atoms with E-state index in [1.807, 2.05) is 48.6 Å². The molecule has 1 aliphatic carbocycles. The van der Waals surface area contributed by atoms with Gasteiger partial charge in [0.2, 0.25) is 0 Å². The molecule has 5 nitrogen and oxygen atoms in total. The number of Topliss-reactive ketones (excluding diaryl/α,β-unsaturated/α-hetero) is 1. The molecule has 0 amide bonds. The maximum Gasteiger partial charge on any atom is 0.185 e. The molecule has 0 unspecified atom stereocenters. The minimum atomic E-state index is 0.105. The molecule has 29 heavy (non-hydrogen) atoms. The van der Waals surface area contributed by atoms with Crippen LogP contribution in [0.2, 0.25) is 0 Å². The maximum absolute atomic E-state index is 13.1. The van der Waals surface area contributed by atoms with Crippen LogP contribution in [0.15, 0.2) is 47.5 Å². The Balaban J connectivity index is 1.93. The number of carbonyl (C=O) groups is 1. The zero-order valence-corrected chi connectivity index (χ0v) is 16.8. The van der Waals surface area contributed by atoms with Crippen LogP contribution in [-0.2, 0) is 31.0 Å². The largest absolute Gasteiger partial charge is 0.326 e. The number of ketones is 1. The van der Waals surface area contributed by atoms with Crippen LogP contribution in [0.4, 0.5) is 0 Å². The molecule has 1 fully saturated rings. The Morgan fingerprint density at radius 3 is 1.52 bits per heavy atom. The lowest BCUT2D eigenvalue weighted by Crippen LogP contribution is -2.13. The topological polar surface area (TPSA) is 121 Å². The van der Waals surface area contributed by atoms with E-state index in [4.69, 9.17) is 22.9 Å². The van der Waals surface area contributed by atoms with Crippen molar-refractivity contribution >= 4 is 17.9 Å². The summed E-state index contributed by atoms with van der Waals surface area (Å²) in [6, 6.07) is 12.0. The quantitative estimate of drug-likeness (QED) is 0.565. The Morgan fingerprint density at radius 1 is 0.690 bits per heavy atom. The number of benzene rings is 2. The van der Waals surface area contributed by atoms with Gasteiger partial charge in [-0.1, -0.05) is 36.4 Å². The lowest BCUT2D eigenvalue weighted by molar-refractivity contribution is -0.112. The van der Waals surface area contributed by atoms with Crippen molar-refractivity contribution in [1.29, 1.82) is 0 Å². The minimum absolute atomic E-state index is 0.105. The Bertz CT molecular complexity index is 884. The summed E-state index contributed by atoms with van der Waals surface area (Å²) in [4.78, 5) is 13.1. The SMILES string of the molecule is NCc1ccc(/C=C2\CCC/C(=C\c3ccc(CN)cc3CN)C2=O)c(CN)c1. The van der Waals surface area contributed by atoms with Crippen LogP contribution in [0, 0.1) is 0 Å². The normalized spacial score (nSPS) is 17.3. The van der Waals surface area contributed by atoms with Gasteiger partial charge in [-0.15, -0.1) is 0 Å². The van der Waals surface area contributed by atoms with Crippen molar-refractivity contribution < 1.29 is 4.79 Å². The van der Waals surface area contributed by atoms with Crippen molar-refractivity contribution in [2.24, 2.45) is 22.9 Å². The maximum atomic E-state index is 13.1. The monoisotopic (exact) mass is 390 g/mol. The lowest BCUT2D eigenvalue weighted by Gasteiger charge is -2.18. The standard InChI is InChI=1S/C24H30N4O/c25-12-16-4-6-18(22(8-16)14-27)10-20-2-1-3-21(24(20)29)11-19-7-5-17(13-26)9-23(19)15-28/h4-11H,1-3,12-15,25-28H2/b20-10+,21-11+. The van der Waals surface area contributed by atoms with Gasteiger partial charge in [0.15, 0.2) is 5.78 Å². The Kier molecular flexibility index (Phi) is 7.12. The molecule has 0 spiro atoms.